The van der Waals surface area contributed by atoms with Gasteiger partial charge in [-0.1, -0.05) is 43.2 Å². The molecule has 0 spiro atoms. The molecule has 0 radical (unpaired) electrons. The van der Waals surface area contributed by atoms with Gasteiger partial charge < -0.3 is 4.74 Å². The fraction of sp³-hybridized carbons (Fsp3) is 0.579. The van der Waals surface area contributed by atoms with Crippen molar-refractivity contribution in [3.05, 3.63) is 35.9 Å². The highest BCUT2D eigenvalue weighted by molar-refractivity contribution is 6.01. The second kappa shape index (κ2) is 5.86. The molecule has 2 aliphatic carbocycles. The van der Waals surface area contributed by atoms with Crippen LogP contribution in [0.4, 0.5) is 0 Å². The standard InChI is InChI=1S/C19H24O3/c1-3-22-18(21)19(2)15-11-7-10-14(15)12-16(19)17(20)13-8-5-4-6-9-13/h4-6,8-9,14-16H,3,7,10-12H2,1-2H3/t14-,15-,16?,19+/m1/s1. The van der Waals surface area contributed by atoms with Gasteiger partial charge in [-0.3, -0.25) is 9.59 Å². The number of Topliss-reactive ketones (excluding diaryl/α,β-unsaturated/α-hetero) is 1. The Bertz CT molecular complexity index is 565. The highest BCUT2D eigenvalue weighted by atomic mass is 16.5. The molecule has 3 nitrogen and oxygen atoms in total. The van der Waals surface area contributed by atoms with Crippen LogP contribution in [0, 0.1) is 23.2 Å². The first kappa shape index (κ1) is 15.3. The van der Waals surface area contributed by atoms with Gasteiger partial charge in [-0.05, 0) is 38.5 Å². The monoisotopic (exact) mass is 300 g/mol. The van der Waals surface area contributed by atoms with Crippen molar-refractivity contribution in [3.63, 3.8) is 0 Å². The predicted molar refractivity (Wildman–Crippen MR) is 84.5 cm³/mol. The number of rotatable bonds is 4. The topological polar surface area (TPSA) is 43.4 Å². The van der Waals surface area contributed by atoms with Crippen molar-refractivity contribution in [1.29, 1.82) is 0 Å². The Kier molecular flexibility index (Phi) is 4.07. The Balaban J connectivity index is 1.95. The van der Waals surface area contributed by atoms with E-state index in [0.29, 0.717) is 24.0 Å². The number of benzene rings is 1. The van der Waals surface area contributed by atoms with Crippen LogP contribution >= 0.6 is 0 Å². The smallest absolute Gasteiger partial charge is 0.312 e. The van der Waals surface area contributed by atoms with E-state index in [1.807, 2.05) is 44.2 Å². The molecule has 22 heavy (non-hydrogen) atoms. The molecule has 1 aromatic rings. The van der Waals surface area contributed by atoms with Crippen LogP contribution in [-0.4, -0.2) is 18.4 Å². The summed E-state index contributed by atoms with van der Waals surface area (Å²) < 4.78 is 5.36. The molecule has 2 aliphatic rings. The Morgan fingerprint density at radius 3 is 2.64 bits per heavy atom. The first-order chi connectivity index (χ1) is 10.6. The summed E-state index contributed by atoms with van der Waals surface area (Å²) in [5, 5.41) is 0. The van der Waals surface area contributed by atoms with E-state index in [2.05, 4.69) is 0 Å². The van der Waals surface area contributed by atoms with Gasteiger partial charge in [0.15, 0.2) is 5.78 Å². The molecule has 4 atom stereocenters. The first-order valence-electron chi connectivity index (χ1n) is 8.35. The molecular weight excluding hydrogens is 276 g/mol. The summed E-state index contributed by atoms with van der Waals surface area (Å²) in [6.07, 6.45) is 4.17. The van der Waals surface area contributed by atoms with Gasteiger partial charge in [0.2, 0.25) is 0 Å². The molecule has 1 aromatic carbocycles. The second-order valence-corrected chi connectivity index (χ2v) is 6.82. The predicted octanol–water partition coefficient (Wildman–Crippen LogP) is 3.87. The minimum Gasteiger partial charge on any atom is -0.466 e. The molecule has 3 heteroatoms. The molecule has 118 valence electrons. The largest absolute Gasteiger partial charge is 0.466 e. The summed E-state index contributed by atoms with van der Waals surface area (Å²) in [4.78, 5) is 25.7. The molecule has 0 aromatic heterocycles. The number of esters is 1. The van der Waals surface area contributed by atoms with E-state index >= 15 is 0 Å². The SMILES string of the molecule is CCOC(=O)[C@]1(C)C(C(=O)c2ccccc2)C[C@H]2CCC[C@H]21. The molecule has 3 rings (SSSR count). The summed E-state index contributed by atoms with van der Waals surface area (Å²) >= 11 is 0. The van der Waals surface area contributed by atoms with Gasteiger partial charge in [-0.15, -0.1) is 0 Å². The van der Waals surface area contributed by atoms with Crippen molar-refractivity contribution in [1.82, 2.24) is 0 Å². The molecule has 0 aliphatic heterocycles. The third-order valence-electron chi connectivity index (χ3n) is 5.78. The number of carbonyl (C=O) groups is 2. The fourth-order valence-corrected chi connectivity index (χ4v) is 4.68. The molecule has 0 N–H and O–H groups in total. The maximum Gasteiger partial charge on any atom is 0.312 e. The van der Waals surface area contributed by atoms with Crippen LogP contribution in [0.2, 0.25) is 0 Å². The lowest BCUT2D eigenvalue weighted by atomic mass is 9.70. The summed E-state index contributed by atoms with van der Waals surface area (Å²) in [6.45, 7) is 4.17. The molecule has 2 fully saturated rings. The third-order valence-corrected chi connectivity index (χ3v) is 5.78. The Morgan fingerprint density at radius 2 is 1.95 bits per heavy atom. The van der Waals surface area contributed by atoms with E-state index in [0.717, 1.165) is 25.7 Å². The molecular formula is C19H24O3. The lowest BCUT2D eigenvalue weighted by Crippen LogP contribution is -2.42. The first-order valence-corrected chi connectivity index (χ1v) is 8.35. The highest BCUT2D eigenvalue weighted by Crippen LogP contribution is 2.59. The van der Waals surface area contributed by atoms with Gasteiger partial charge in [-0.25, -0.2) is 0 Å². The number of hydrogen-bond donors (Lipinski definition) is 0. The van der Waals surface area contributed by atoms with E-state index in [-0.39, 0.29) is 17.7 Å². The van der Waals surface area contributed by atoms with E-state index < -0.39 is 5.41 Å². The highest BCUT2D eigenvalue weighted by Gasteiger charge is 2.60. The maximum absolute atomic E-state index is 13.0. The lowest BCUT2D eigenvalue weighted by Gasteiger charge is -2.33. The van der Waals surface area contributed by atoms with Crippen molar-refractivity contribution >= 4 is 11.8 Å². The van der Waals surface area contributed by atoms with Gasteiger partial charge in [0.1, 0.15) is 0 Å². The van der Waals surface area contributed by atoms with Crippen molar-refractivity contribution in [2.45, 2.75) is 39.5 Å². The normalized spacial score (nSPS) is 33.5. The number of hydrogen-bond acceptors (Lipinski definition) is 3. The van der Waals surface area contributed by atoms with Crippen LogP contribution < -0.4 is 0 Å². The summed E-state index contributed by atoms with van der Waals surface area (Å²) in [5.74, 6) is 0.463. The second-order valence-electron chi connectivity index (χ2n) is 6.82. The molecule has 0 heterocycles. The average Bonchev–Trinajstić information content (AvgIpc) is 3.10. The average molecular weight is 300 g/mol. The quantitative estimate of drug-likeness (QED) is 0.626. The zero-order valence-electron chi connectivity index (χ0n) is 13.4. The van der Waals surface area contributed by atoms with Crippen molar-refractivity contribution < 1.29 is 14.3 Å². The Labute approximate surface area is 132 Å². The molecule has 0 saturated heterocycles. The number of carbonyl (C=O) groups excluding carboxylic acids is 2. The number of fused-ring (bicyclic) bond motifs is 1. The van der Waals surface area contributed by atoms with Gasteiger partial charge in [0.25, 0.3) is 0 Å². The van der Waals surface area contributed by atoms with Crippen LogP contribution in [0.15, 0.2) is 30.3 Å². The molecule has 0 amide bonds. The minimum absolute atomic E-state index is 0.102. The summed E-state index contributed by atoms with van der Waals surface area (Å²) in [5.41, 5.74) is 0.0485. The van der Waals surface area contributed by atoms with Gasteiger partial charge in [0.05, 0.1) is 12.0 Å². The van der Waals surface area contributed by atoms with Gasteiger partial charge in [-0.2, -0.15) is 0 Å². The van der Waals surface area contributed by atoms with Crippen LogP contribution in [0.5, 0.6) is 0 Å². The van der Waals surface area contributed by atoms with Crippen LogP contribution in [0.25, 0.3) is 0 Å². The fourth-order valence-electron chi connectivity index (χ4n) is 4.68. The minimum atomic E-state index is -0.663. The van der Waals surface area contributed by atoms with Crippen LogP contribution in [0.1, 0.15) is 49.9 Å². The zero-order valence-corrected chi connectivity index (χ0v) is 13.4. The van der Waals surface area contributed by atoms with E-state index in [1.54, 1.807) is 0 Å². The van der Waals surface area contributed by atoms with Crippen molar-refractivity contribution in [2.75, 3.05) is 6.61 Å². The van der Waals surface area contributed by atoms with Gasteiger partial charge >= 0.3 is 5.97 Å². The Morgan fingerprint density at radius 1 is 1.23 bits per heavy atom. The van der Waals surface area contributed by atoms with Crippen LogP contribution in [0.3, 0.4) is 0 Å². The number of ketones is 1. The third kappa shape index (κ3) is 2.27. The maximum atomic E-state index is 13.0. The van der Waals surface area contributed by atoms with E-state index in [9.17, 15) is 9.59 Å². The van der Waals surface area contributed by atoms with Crippen molar-refractivity contribution in [3.8, 4) is 0 Å². The van der Waals surface area contributed by atoms with Gasteiger partial charge in [0, 0.05) is 11.5 Å². The molecule has 0 bridgehead atoms. The Hall–Kier alpha value is -1.64. The van der Waals surface area contributed by atoms with E-state index in [4.69, 9.17) is 4.74 Å². The molecule has 1 unspecified atom stereocenters. The van der Waals surface area contributed by atoms with Crippen LogP contribution in [-0.2, 0) is 9.53 Å². The molecule has 2 saturated carbocycles. The lowest BCUT2D eigenvalue weighted by molar-refractivity contribution is -0.158. The van der Waals surface area contributed by atoms with E-state index in [1.165, 1.54) is 0 Å². The zero-order chi connectivity index (χ0) is 15.7. The summed E-state index contributed by atoms with van der Waals surface area (Å²) in [6, 6.07) is 9.37. The summed E-state index contributed by atoms with van der Waals surface area (Å²) in [7, 11) is 0. The number of ether oxygens (including phenoxy) is 1. The van der Waals surface area contributed by atoms with Crippen molar-refractivity contribution in [2.24, 2.45) is 23.2 Å².